The number of carbonyl (C=O) groups excluding carboxylic acids is 2. The highest BCUT2D eigenvalue weighted by Crippen LogP contribution is 2.17. The molecule has 4 heteroatoms. The molecule has 0 fully saturated rings. The molecule has 0 atom stereocenters. The number of benzene rings is 3. The highest BCUT2D eigenvalue weighted by Gasteiger charge is 2.18. The number of para-hydroxylation sites is 1. The maximum Gasteiger partial charge on any atom is 0.339 e. The van der Waals surface area contributed by atoms with Crippen LogP contribution in [0.4, 0.5) is 0 Å². The van der Waals surface area contributed by atoms with E-state index in [1.165, 1.54) is 0 Å². The molecule has 0 aliphatic rings. The van der Waals surface area contributed by atoms with Gasteiger partial charge in [-0.3, -0.25) is 4.79 Å². The summed E-state index contributed by atoms with van der Waals surface area (Å²) in [6, 6.07) is 23.2. The summed E-state index contributed by atoms with van der Waals surface area (Å²) in [6.07, 6.45) is 0. The number of rotatable bonds is 7. The van der Waals surface area contributed by atoms with Gasteiger partial charge in [-0.05, 0) is 24.6 Å². The maximum atomic E-state index is 12.7. The van der Waals surface area contributed by atoms with Crippen LogP contribution in [0.1, 0.15) is 31.8 Å². The molecular formula is C23H20O4. The molecular weight excluding hydrogens is 340 g/mol. The van der Waals surface area contributed by atoms with Crippen molar-refractivity contribution in [3.63, 3.8) is 0 Å². The van der Waals surface area contributed by atoms with Crippen LogP contribution in [0.3, 0.4) is 0 Å². The number of hydrogen-bond acceptors (Lipinski definition) is 4. The second kappa shape index (κ2) is 8.81. The third kappa shape index (κ3) is 4.61. The molecule has 0 radical (unpaired) electrons. The number of hydrogen-bond donors (Lipinski definition) is 0. The van der Waals surface area contributed by atoms with Crippen LogP contribution < -0.4 is 4.74 Å². The van der Waals surface area contributed by atoms with Crippen molar-refractivity contribution in [3.05, 3.63) is 101 Å². The molecule has 0 unspecified atom stereocenters. The molecule has 27 heavy (non-hydrogen) atoms. The Morgan fingerprint density at radius 3 is 2.11 bits per heavy atom. The average molecular weight is 360 g/mol. The zero-order valence-electron chi connectivity index (χ0n) is 15.1. The number of ether oxygens (including phenoxy) is 2. The molecule has 136 valence electrons. The van der Waals surface area contributed by atoms with Gasteiger partial charge in [0, 0.05) is 11.1 Å². The van der Waals surface area contributed by atoms with E-state index in [-0.39, 0.29) is 24.6 Å². The molecule has 0 amide bonds. The molecule has 0 saturated carbocycles. The van der Waals surface area contributed by atoms with E-state index in [1.807, 2.05) is 37.3 Å². The van der Waals surface area contributed by atoms with Gasteiger partial charge in [0.05, 0.1) is 5.56 Å². The summed E-state index contributed by atoms with van der Waals surface area (Å²) in [7, 11) is 0. The first kappa shape index (κ1) is 18.4. The van der Waals surface area contributed by atoms with Crippen LogP contribution >= 0.6 is 0 Å². The highest BCUT2D eigenvalue weighted by atomic mass is 16.6. The molecule has 0 N–H and O–H groups in total. The van der Waals surface area contributed by atoms with Crippen LogP contribution in [-0.4, -0.2) is 25.0 Å². The summed E-state index contributed by atoms with van der Waals surface area (Å²) >= 11 is 0. The Morgan fingerprint density at radius 1 is 0.741 bits per heavy atom. The van der Waals surface area contributed by atoms with Crippen LogP contribution in [0.5, 0.6) is 5.75 Å². The lowest BCUT2D eigenvalue weighted by molar-refractivity contribution is 0.0448. The van der Waals surface area contributed by atoms with E-state index in [1.54, 1.807) is 48.5 Å². The predicted octanol–water partition coefficient (Wildman–Crippen LogP) is 4.46. The van der Waals surface area contributed by atoms with Gasteiger partial charge in [-0.15, -0.1) is 0 Å². The van der Waals surface area contributed by atoms with Gasteiger partial charge in [0.1, 0.15) is 19.0 Å². The SMILES string of the molecule is Cc1ccccc1OCCOC(=O)c1ccccc1C(=O)c1ccccc1. The van der Waals surface area contributed by atoms with E-state index in [4.69, 9.17) is 9.47 Å². The first-order chi connectivity index (χ1) is 13.2. The fraction of sp³-hybridized carbons (Fsp3) is 0.130. The molecule has 0 spiro atoms. The predicted molar refractivity (Wildman–Crippen MR) is 103 cm³/mol. The lowest BCUT2D eigenvalue weighted by Gasteiger charge is -2.11. The molecule has 0 bridgehead atoms. The van der Waals surface area contributed by atoms with Gasteiger partial charge in [0.15, 0.2) is 5.78 Å². The summed E-state index contributed by atoms with van der Waals surface area (Å²) in [5.41, 5.74) is 2.12. The van der Waals surface area contributed by atoms with Gasteiger partial charge in [-0.2, -0.15) is 0 Å². The Labute approximate surface area is 158 Å². The summed E-state index contributed by atoms with van der Waals surface area (Å²) in [4.78, 5) is 25.1. The van der Waals surface area contributed by atoms with Crippen LogP contribution in [0, 0.1) is 6.92 Å². The number of esters is 1. The molecule has 0 aromatic heterocycles. The molecule has 0 saturated heterocycles. The van der Waals surface area contributed by atoms with Gasteiger partial charge in [-0.25, -0.2) is 4.79 Å². The molecule has 3 aromatic rings. The monoisotopic (exact) mass is 360 g/mol. The fourth-order valence-electron chi connectivity index (χ4n) is 2.69. The second-order valence-corrected chi connectivity index (χ2v) is 5.99. The van der Waals surface area contributed by atoms with Crippen molar-refractivity contribution < 1.29 is 19.1 Å². The van der Waals surface area contributed by atoms with Crippen LogP contribution in [0.2, 0.25) is 0 Å². The van der Waals surface area contributed by atoms with Crippen LogP contribution in [0.15, 0.2) is 78.9 Å². The average Bonchev–Trinajstić information content (AvgIpc) is 2.72. The molecule has 0 aliphatic heterocycles. The Kier molecular flexibility index (Phi) is 6.00. The zero-order valence-corrected chi connectivity index (χ0v) is 15.1. The minimum absolute atomic E-state index is 0.0982. The van der Waals surface area contributed by atoms with E-state index in [0.717, 1.165) is 11.3 Å². The van der Waals surface area contributed by atoms with E-state index >= 15 is 0 Å². The fourth-order valence-corrected chi connectivity index (χ4v) is 2.69. The first-order valence-electron chi connectivity index (χ1n) is 8.71. The van der Waals surface area contributed by atoms with E-state index in [9.17, 15) is 9.59 Å². The van der Waals surface area contributed by atoms with Crippen LogP contribution in [0.25, 0.3) is 0 Å². The van der Waals surface area contributed by atoms with E-state index in [2.05, 4.69) is 0 Å². The van der Waals surface area contributed by atoms with Crippen molar-refractivity contribution in [2.45, 2.75) is 6.92 Å². The third-order valence-electron chi connectivity index (χ3n) is 4.10. The van der Waals surface area contributed by atoms with E-state index in [0.29, 0.717) is 11.1 Å². The number of aryl methyl sites for hydroxylation is 1. The van der Waals surface area contributed by atoms with Gasteiger partial charge in [0.25, 0.3) is 0 Å². The molecule has 3 rings (SSSR count). The minimum Gasteiger partial charge on any atom is -0.490 e. The Balaban J connectivity index is 1.64. The van der Waals surface area contributed by atoms with Crippen molar-refractivity contribution in [1.82, 2.24) is 0 Å². The molecule has 4 nitrogen and oxygen atoms in total. The Morgan fingerprint density at radius 2 is 1.37 bits per heavy atom. The summed E-state index contributed by atoms with van der Waals surface area (Å²) in [5.74, 6) is 0.00998. The Hall–Kier alpha value is -3.40. The molecule has 0 heterocycles. The zero-order chi connectivity index (χ0) is 19.1. The topological polar surface area (TPSA) is 52.6 Å². The van der Waals surface area contributed by atoms with E-state index < -0.39 is 5.97 Å². The summed E-state index contributed by atoms with van der Waals surface area (Å²) in [6.45, 7) is 2.29. The van der Waals surface area contributed by atoms with Crippen molar-refractivity contribution >= 4 is 11.8 Å². The van der Waals surface area contributed by atoms with Gasteiger partial charge in [-0.1, -0.05) is 66.7 Å². The van der Waals surface area contributed by atoms with Gasteiger partial charge < -0.3 is 9.47 Å². The van der Waals surface area contributed by atoms with Crippen molar-refractivity contribution in [1.29, 1.82) is 0 Å². The number of ketones is 1. The summed E-state index contributed by atoms with van der Waals surface area (Å²) in [5, 5.41) is 0. The first-order valence-corrected chi connectivity index (χ1v) is 8.71. The van der Waals surface area contributed by atoms with Crippen molar-refractivity contribution in [3.8, 4) is 5.75 Å². The smallest absolute Gasteiger partial charge is 0.339 e. The normalized spacial score (nSPS) is 10.3. The standard InChI is InChI=1S/C23H20O4/c1-17-9-5-8-14-21(17)26-15-16-27-23(25)20-13-7-6-12-19(20)22(24)18-10-3-2-4-11-18/h2-14H,15-16H2,1H3. The Bertz CT molecular complexity index is 932. The van der Waals surface area contributed by atoms with Gasteiger partial charge in [0.2, 0.25) is 0 Å². The lowest BCUT2D eigenvalue weighted by Crippen LogP contribution is -2.16. The van der Waals surface area contributed by atoms with Crippen molar-refractivity contribution in [2.75, 3.05) is 13.2 Å². The second-order valence-electron chi connectivity index (χ2n) is 5.99. The van der Waals surface area contributed by atoms with Crippen molar-refractivity contribution in [2.24, 2.45) is 0 Å². The third-order valence-corrected chi connectivity index (χ3v) is 4.10. The van der Waals surface area contributed by atoms with Crippen LogP contribution in [-0.2, 0) is 4.74 Å². The quantitative estimate of drug-likeness (QED) is 0.355. The highest BCUT2D eigenvalue weighted by molar-refractivity contribution is 6.14. The lowest BCUT2D eigenvalue weighted by atomic mass is 9.98. The molecule has 3 aromatic carbocycles. The number of carbonyl (C=O) groups is 2. The summed E-state index contributed by atoms with van der Waals surface area (Å²) < 4.78 is 10.9. The largest absolute Gasteiger partial charge is 0.490 e. The minimum atomic E-state index is -0.539. The molecule has 0 aliphatic carbocycles. The van der Waals surface area contributed by atoms with Gasteiger partial charge >= 0.3 is 5.97 Å². The maximum absolute atomic E-state index is 12.7.